The molecule has 3 heterocycles. The van der Waals surface area contributed by atoms with Crippen molar-refractivity contribution in [1.82, 2.24) is 0 Å². The van der Waals surface area contributed by atoms with Gasteiger partial charge in [0, 0.05) is 58.6 Å². The molecule has 0 aliphatic carbocycles. The number of hydrogen-bond acceptors (Lipinski definition) is 3. The Morgan fingerprint density at radius 3 is 1.68 bits per heavy atom. The van der Waals surface area contributed by atoms with Gasteiger partial charge in [-0.25, -0.2) is 0 Å². The highest BCUT2D eigenvalue weighted by Crippen LogP contribution is 2.55. The van der Waals surface area contributed by atoms with Crippen molar-refractivity contribution in [2.24, 2.45) is 0 Å². The number of hydrogen-bond donors (Lipinski definition) is 0. The highest BCUT2D eigenvalue weighted by Gasteiger charge is 2.28. The molecular formula is C60H34O2S. The van der Waals surface area contributed by atoms with Crippen LogP contribution in [0, 0.1) is 0 Å². The maximum absolute atomic E-state index is 7.10. The standard InChI is InChI=1S/C60H34O2S/c1-2-17-37(18-3-1)52-49-34-48-41-21-12-13-27-50(41)61-58(48)56(60(49)63-59(52)39-30-29-35-15-4-5-19-38(35)33-39)55-44-24-10-8-22-42(44)53(43-23-9-11-25-45(43)55)46-26-14-28-51-54(46)47-32-31-36-16-6-7-20-40(36)57(47)62-51/h1-34H. The molecule has 0 atom stereocenters. The van der Waals surface area contributed by atoms with Crippen LogP contribution in [0.4, 0.5) is 0 Å². The van der Waals surface area contributed by atoms with Crippen LogP contribution < -0.4 is 0 Å². The Balaban J connectivity index is 1.15. The molecule has 0 amide bonds. The Labute approximate surface area is 365 Å². The Kier molecular flexibility index (Phi) is 7.30. The summed E-state index contributed by atoms with van der Waals surface area (Å²) in [6.07, 6.45) is 0. The first-order valence-corrected chi connectivity index (χ1v) is 22.3. The van der Waals surface area contributed by atoms with Gasteiger partial charge in [-0.15, -0.1) is 11.3 Å². The summed E-state index contributed by atoms with van der Waals surface area (Å²) in [5.74, 6) is 0. The van der Waals surface area contributed by atoms with Gasteiger partial charge in [-0.2, -0.15) is 0 Å². The average Bonchev–Trinajstić information content (AvgIpc) is 4.05. The Hall–Kier alpha value is -7.98. The summed E-state index contributed by atoms with van der Waals surface area (Å²) in [5.41, 5.74) is 11.9. The van der Waals surface area contributed by atoms with E-state index in [0.29, 0.717) is 0 Å². The molecule has 292 valence electrons. The first-order valence-electron chi connectivity index (χ1n) is 21.5. The Morgan fingerprint density at radius 1 is 0.302 bits per heavy atom. The minimum atomic E-state index is 0.887. The molecule has 0 unspecified atom stereocenters. The van der Waals surface area contributed by atoms with Gasteiger partial charge >= 0.3 is 0 Å². The van der Waals surface area contributed by atoms with Gasteiger partial charge in [0.05, 0.1) is 0 Å². The van der Waals surface area contributed by atoms with Crippen LogP contribution in [0.1, 0.15) is 0 Å². The minimum absolute atomic E-state index is 0.887. The van der Waals surface area contributed by atoms with Crippen molar-refractivity contribution in [1.29, 1.82) is 0 Å². The predicted molar refractivity (Wildman–Crippen MR) is 268 cm³/mol. The second kappa shape index (κ2) is 13.3. The molecule has 3 heteroatoms. The van der Waals surface area contributed by atoms with Crippen LogP contribution in [0.2, 0.25) is 0 Å². The third-order valence-corrected chi connectivity index (χ3v) is 14.5. The third-order valence-electron chi connectivity index (χ3n) is 13.2. The van der Waals surface area contributed by atoms with Crippen molar-refractivity contribution in [3.05, 3.63) is 206 Å². The quantitative estimate of drug-likeness (QED) is 0.165. The number of benzene rings is 11. The second-order valence-corrected chi connectivity index (χ2v) is 17.6. The molecule has 14 rings (SSSR count). The monoisotopic (exact) mass is 818 g/mol. The average molecular weight is 819 g/mol. The SMILES string of the molecule is c1ccc(-c2c(-c3ccc4ccccc4c3)sc3c(-c4c5ccccc5c(-c5cccc6oc7c8ccccc8ccc7c56)c5ccccc45)c4oc5ccccc5c4cc23)cc1. The molecule has 0 bridgehead atoms. The topological polar surface area (TPSA) is 26.3 Å². The summed E-state index contributed by atoms with van der Waals surface area (Å²) in [6, 6.07) is 74.8. The molecule has 0 saturated carbocycles. The molecule has 3 aromatic heterocycles. The van der Waals surface area contributed by atoms with Crippen molar-refractivity contribution in [2.45, 2.75) is 0 Å². The van der Waals surface area contributed by atoms with Crippen LogP contribution >= 0.6 is 11.3 Å². The first kappa shape index (κ1) is 34.7. The van der Waals surface area contributed by atoms with Gasteiger partial charge in [0.1, 0.15) is 22.3 Å². The van der Waals surface area contributed by atoms with E-state index in [-0.39, 0.29) is 0 Å². The van der Waals surface area contributed by atoms with Gasteiger partial charge in [0.15, 0.2) is 0 Å². The van der Waals surface area contributed by atoms with Gasteiger partial charge in [0.2, 0.25) is 0 Å². The van der Waals surface area contributed by atoms with Gasteiger partial charge in [-0.1, -0.05) is 176 Å². The molecule has 0 N–H and O–H groups in total. The van der Waals surface area contributed by atoms with Crippen LogP contribution in [0.3, 0.4) is 0 Å². The molecule has 0 fully saturated rings. The van der Waals surface area contributed by atoms with E-state index in [9.17, 15) is 0 Å². The Morgan fingerprint density at radius 2 is 0.905 bits per heavy atom. The third kappa shape index (κ3) is 5.00. The van der Waals surface area contributed by atoms with Gasteiger partial charge in [-0.05, 0) is 90.3 Å². The van der Waals surface area contributed by atoms with Crippen molar-refractivity contribution in [3.63, 3.8) is 0 Å². The summed E-state index contributed by atoms with van der Waals surface area (Å²) in [4.78, 5) is 1.25. The summed E-state index contributed by atoms with van der Waals surface area (Å²) in [6.45, 7) is 0. The molecule has 14 aromatic rings. The number of thiophene rings is 1. The fraction of sp³-hybridized carbons (Fsp3) is 0. The van der Waals surface area contributed by atoms with Crippen LogP contribution in [-0.4, -0.2) is 0 Å². The molecule has 2 nitrogen and oxygen atoms in total. The Bertz CT molecular complexity index is 4150. The fourth-order valence-corrected chi connectivity index (χ4v) is 11.9. The number of furan rings is 2. The molecule has 0 spiro atoms. The number of fused-ring (bicyclic) bond motifs is 12. The highest BCUT2D eigenvalue weighted by molar-refractivity contribution is 7.23. The van der Waals surface area contributed by atoms with Gasteiger partial charge in [0.25, 0.3) is 0 Å². The van der Waals surface area contributed by atoms with Crippen LogP contribution in [0.25, 0.3) is 141 Å². The van der Waals surface area contributed by atoms with Crippen molar-refractivity contribution >= 4 is 108 Å². The van der Waals surface area contributed by atoms with Crippen LogP contribution in [0.5, 0.6) is 0 Å². The number of para-hydroxylation sites is 1. The molecular weight excluding hydrogens is 785 g/mol. The predicted octanol–water partition coefficient (Wildman–Crippen LogP) is 18.0. The maximum Gasteiger partial charge on any atom is 0.144 e. The highest BCUT2D eigenvalue weighted by atomic mass is 32.1. The molecule has 63 heavy (non-hydrogen) atoms. The molecule has 0 aliphatic rings. The summed E-state index contributed by atoms with van der Waals surface area (Å²) < 4.78 is 15.1. The van der Waals surface area contributed by atoms with Crippen LogP contribution in [-0.2, 0) is 0 Å². The lowest BCUT2D eigenvalue weighted by Gasteiger charge is -2.19. The largest absolute Gasteiger partial charge is 0.455 e. The molecule has 0 aliphatic heterocycles. The summed E-state index contributed by atoms with van der Waals surface area (Å²) in [7, 11) is 0. The van der Waals surface area contributed by atoms with E-state index in [1.54, 1.807) is 0 Å². The zero-order valence-electron chi connectivity index (χ0n) is 33.9. The van der Waals surface area contributed by atoms with Gasteiger partial charge < -0.3 is 8.83 Å². The molecule has 11 aromatic carbocycles. The smallest absolute Gasteiger partial charge is 0.144 e. The van der Waals surface area contributed by atoms with E-state index in [0.717, 1.165) is 60.4 Å². The minimum Gasteiger partial charge on any atom is -0.455 e. The van der Waals surface area contributed by atoms with Crippen molar-refractivity contribution in [3.8, 4) is 43.8 Å². The van der Waals surface area contributed by atoms with E-state index in [1.807, 2.05) is 11.3 Å². The lowest BCUT2D eigenvalue weighted by molar-refractivity contribution is 0.670. The lowest BCUT2D eigenvalue weighted by atomic mass is 9.84. The summed E-state index contributed by atoms with van der Waals surface area (Å²) in [5, 5.41) is 15.2. The van der Waals surface area contributed by atoms with E-state index in [1.165, 1.54) is 80.5 Å². The zero-order valence-corrected chi connectivity index (χ0v) is 34.7. The normalized spacial score (nSPS) is 12.1. The molecule has 0 saturated heterocycles. The lowest BCUT2D eigenvalue weighted by Crippen LogP contribution is -1.92. The number of rotatable bonds is 4. The fourth-order valence-electron chi connectivity index (χ4n) is 10.5. The van der Waals surface area contributed by atoms with E-state index in [2.05, 4.69) is 206 Å². The van der Waals surface area contributed by atoms with E-state index in [4.69, 9.17) is 8.83 Å². The van der Waals surface area contributed by atoms with Crippen molar-refractivity contribution in [2.75, 3.05) is 0 Å². The second-order valence-electron chi connectivity index (χ2n) is 16.6. The first-order chi connectivity index (χ1) is 31.3. The van der Waals surface area contributed by atoms with Crippen molar-refractivity contribution < 1.29 is 8.83 Å². The van der Waals surface area contributed by atoms with E-state index < -0.39 is 0 Å². The van der Waals surface area contributed by atoms with Crippen LogP contribution in [0.15, 0.2) is 215 Å². The zero-order chi connectivity index (χ0) is 41.2. The van der Waals surface area contributed by atoms with Gasteiger partial charge in [-0.3, -0.25) is 0 Å². The summed E-state index contributed by atoms with van der Waals surface area (Å²) >= 11 is 1.88. The maximum atomic E-state index is 7.10. The van der Waals surface area contributed by atoms with E-state index >= 15 is 0 Å². The molecule has 0 radical (unpaired) electrons.